The van der Waals surface area contributed by atoms with Crippen molar-refractivity contribution < 1.29 is 4.79 Å². The number of anilines is 1. The van der Waals surface area contributed by atoms with Gasteiger partial charge in [0.25, 0.3) is 11.3 Å². The summed E-state index contributed by atoms with van der Waals surface area (Å²) < 4.78 is 1.23. The molecule has 0 fully saturated rings. The Morgan fingerprint density at radius 3 is 2.68 bits per heavy atom. The van der Waals surface area contributed by atoms with Crippen molar-refractivity contribution in [2.24, 2.45) is 5.92 Å². The first-order valence-electron chi connectivity index (χ1n) is 6.14. The predicted molar refractivity (Wildman–Crippen MR) is 71.2 cm³/mol. The van der Waals surface area contributed by atoms with E-state index >= 15 is 0 Å². The summed E-state index contributed by atoms with van der Waals surface area (Å²) in [5, 5.41) is 5.36. The number of nitrogens with zero attached hydrogens (tertiary/aromatic N) is 3. The lowest BCUT2D eigenvalue weighted by Gasteiger charge is -2.03. The molecule has 7 nitrogen and oxygen atoms in total. The summed E-state index contributed by atoms with van der Waals surface area (Å²) in [6.07, 6.45) is 0.400. The Morgan fingerprint density at radius 2 is 2.05 bits per heavy atom. The number of rotatable bonds is 3. The third-order valence-corrected chi connectivity index (χ3v) is 2.82. The molecule has 19 heavy (non-hydrogen) atoms. The van der Waals surface area contributed by atoms with Gasteiger partial charge in [0.1, 0.15) is 0 Å². The van der Waals surface area contributed by atoms with Gasteiger partial charge in [0, 0.05) is 17.7 Å². The Hall–Kier alpha value is -2.18. The van der Waals surface area contributed by atoms with Gasteiger partial charge in [-0.3, -0.25) is 20.0 Å². The Bertz CT molecular complexity index is 683. The summed E-state index contributed by atoms with van der Waals surface area (Å²) >= 11 is 0. The first-order chi connectivity index (χ1) is 8.88. The standard InChI is InChI=1S/C12H17N5O2/c1-6(2)5-9(18)14-11-15-12-13-8(4)7(3)10(19)17(12)16-11/h6H,5H2,1-4H3,(H2,13,14,15,16,18). The topological polar surface area (TPSA) is 92.2 Å². The molecule has 0 spiro atoms. The van der Waals surface area contributed by atoms with E-state index in [1.165, 1.54) is 4.52 Å². The highest BCUT2D eigenvalue weighted by molar-refractivity contribution is 5.89. The molecule has 0 bridgehead atoms. The van der Waals surface area contributed by atoms with Crippen molar-refractivity contribution >= 4 is 17.6 Å². The minimum Gasteiger partial charge on any atom is -0.295 e. The first kappa shape index (κ1) is 13.3. The fraction of sp³-hybridized carbons (Fsp3) is 0.500. The summed E-state index contributed by atoms with van der Waals surface area (Å²) in [7, 11) is 0. The quantitative estimate of drug-likeness (QED) is 0.864. The average Bonchev–Trinajstić information content (AvgIpc) is 2.67. The molecule has 0 unspecified atom stereocenters. The van der Waals surface area contributed by atoms with Crippen molar-refractivity contribution in [2.45, 2.75) is 34.1 Å². The Morgan fingerprint density at radius 1 is 1.37 bits per heavy atom. The van der Waals surface area contributed by atoms with Gasteiger partial charge in [-0.15, -0.1) is 0 Å². The Kier molecular flexibility index (Phi) is 3.37. The van der Waals surface area contributed by atoms with Gasteiger partial charge < -0.3 is 0 Å². The fourth-order valence-corrected chi connectivity index (χ4v) is 1.71. The SMILES string of the molecule is Cc1nc2nc(NC(=O)CC(C)C)[nH]n2c(=O)c1C. The maximum atomic E-state index is 12.0. The van der Waals surface area contributed by atoms with Gasteiger partial charge in [-0.25, -0.2) is 4.98 Å². The van der Waals surface area contributed by atoms with Crippen LogP contribution in [0.2, 0.25) is 0 Å². The van der Waals surface area contributed by atoms with Crippen molar-refractivity contribution in [1.29, 1.82) is 0 Å². The second-order valence-corrected chi connectivity index (χ2v) is 4.98. The zero-order chi connectivity index (χ0) is 14.2. The molecule has 2 aromatic rings. The smallest absolute Gasteiger partial charge is 0.277 e. The van der Waals surface area contributed by atoms with Crippen LogP contribution in [0.5, 0.6) is 0 Å². The molecule has 0 saturated heterocycles. The zero-order valence-electron chi connectivity index (χ0n) is 11.4. The molecule has 0 aliphatic heterocycles. The molecule has 0 aliphatic rings. The number of H-pyrrole nitrogens is 1. The van der Waals surface area contributed by atoms with Gasteiger partial charge in [-0.05, 0) is 19.8 Å². The fourth-order valence-electron chi connectivity index (χ4n) is 1.71. The summed E-state index contributed by atoms with van der Waals surface area (Å²) in [5.74, 6) is 0.610. The summed E-state index contributed by atoms with van der Waals surface area (Å²) in [6.45, 7) is 7.37. The van der Waals surface area contributed by atoms with Crippen LogP contribution in [0.1, 0.15) is 31.5 Å². The number of aromatic amines is 1. The maximum Gasteiger partial charge on any atom is 0.277 e. The van der Waals surface area contributed by atoms with Crippen molar-refractivity contribution in [3.05, 3.63) is 21.6 Å². The third-order valence-electron chi connectivity index (χ3n) is 2.82. The second-order valence-electron chi connectivity index (χ2n) is 4.98. The van der Waals surface area contributed by atoms with E-state index < -0.39 is 0 Å². The molecule has 2 rings (SSSR count). The van der Waals surface area contributed by atoms with E-state index in [1.54, 1.807) is 13.8 Å². The van der Waals surface area contributed by atoms with E-state index in [1.807, 2.05) is 13.8 Å². The van der Waals surface area contributed by atoms with E-state index in [2.05, 4.69) is 20.4 Å². The molecule has 1 amide bonds. The number of carbonyl (C=O) groups is 1. The lowest BCUT2D eigenvalue weighted by atomic mass is 10.1. The van der Waals surface area contributed by atoms with E-state index in [4.69, 9.17) is 0 Å². The van der Waals surface area contributed by atoms with E-state index in [-0.39, 0.29) is 29.1 Å². The lowest BCUT2D eigenvalue weighted by Crippen LogP contribution is -2.20. The van der Waals surface area contributed by atoms with Crippen LogP contribution in [0.3, 0.4) is 0 Å². The van der Waals surface area contributed by atoms with Gasteiger partial charge in [0.15, 0.2) is 0 Å². The number of aryl methyl sites for hydroxylation is 1. The van der Waals surface area contributed by atoms with Gasteiger partial charge in [-0.2, -0.15) is 9.50 Å². The van der Waals surface area contributed by atoms with E-state index in [0.29, 0.717) is 17.7 Å². The van der Waals surface area contributed by atoms with Crippen LogP contribution in [0.15, 0.2) is 4.79 Å². The van der Waals surface area contributed by atoms with Crippen LogP contribution >= 0.6 is 0 Å². The molecule has 0 aromatic carbocycles. The lowest BCUT2D eigenvalue weighted by molar-refractivity contribution is -0.116. The summed E-state index contributed by atoms with van der Waals surface area (Å²) in [6, 6.07) is 0. The van der Waals surface area contributed by atoms with Gasteiger partial charge in [0.05, 0.1) is 0 Å². The number of amides is 1. The number of carbonyl (C=O) groups excluding carboxylic acids is 1. The minimum absolute atomic E-state index is 0.143. The van der Waals surface area contributed by atoms with Gasteiger partial charge >= 0.3 is 0 Å². The van der Waals surface area contributed by atoms with Crippen molar-refractivity contribution in [3.63, 3.8) is 0 Å². The number of hydrogen-bond acceptors (Lipinski definition) is 4. The van der Waals surface area contributed by atoms with Crippen molar-refractivity contribution in [2.75, 3.05) is 5.32 Å². The molecule has 102 valence electrons. The molecule has 2 aromatic heterocycles. The number of fused-ring (bicyclic) bond motifs is 1. The third kappa shape index (κ3) is 2.64. The molecule has 7 heteroatoms. The molecular formula is C12H17N5O2. The molecule has 0 saturated carbocycles. The molecule has 2 heterocycles. The molecular weight excluding hydrogens is 246 g/mol. The Labute approximate surface area is 110 Å². The Balaban J connectivity index is 2.35. The van der Waals surface area contributed by atoms with Crippen LogP contribution in [-0.2, 0) is 4.79 Å². The average molecular weight is 263 g/mol. The molecule has 2 N–H and O–H groups in total. The first-order valence-corrected chi connectivity index (χ1v) is 6.14. The number of nitrogens with one attached hydrogen (secondary N) is 2. The van der Waals surface area contributed by atoms with E-state index in [0.717, 1.165) is 0 Å². The number of aromatic nitrogens is 4. The molecule has 0 atom stereocenters. The highest BCUT2D eigenvalue weighted by Gasteiger charge is 2.12. The largest absolute Gasteiger partial charge is 0.295 e. The summed E-state index contributed by atoms with van der Waals surface area (Å²) in [4.78, 5) is 31.9. The van der Waals surface area contributed by atoms with Gasteiger partial charge in [-0.1, -0.05) is 13.8 Å². The van der Waals surface area contributed by atoms with Crippen molar-refractivity contribution in [3.8, 4) is 0 Å². The zero-order valence-corrected chi connectivity index (χ0v) is 11.4. The predicted octanol–water partition coefficient (Wildman–Crippen LogP) is 1.02. The van der Waals surface area contributed by atoms with Gasteiger partial charge in [0.2, 0.25) is 11.9 Å². The molecule has 0 aliphatic carbocycles. The number of hydrogen-bond donors (Lipinski definition) is 2. The highest BCUT2D eigenvalue weighted by Crippen LogP contribution is 2.06. The molecule has 0 radical (unpaired) electrons. The highest BCUT2D eigenvalue weighted by atomic mass is 16.2. The summed E-state index contributed by atoms with van der Waals surface area (Å²) in [5.41, 5.74) is 0.983. The van der Waals surface area contributed by atoms with Crippen LogP contribution in [0.4, 0.5) is 5.95 Å². The maximum absolute atomic E-state index is 12.0. The van der Waals surface area contributed by atoms with Crippen LogP contribution in [0, 0.1) is 19.8 Å². The van der Waals surface area contributed by atoms with E-state index in [9.17, 15) is 9.59 Å². The monoisotopic (exact) mass is 263 g/mol. The second kappa shape index (κ2) is 4.83. The van der Waals surface area contributed by atoms with Crippen LogP contribution in [-0.4, -0.2) is 25.5 Å². The van der Waals surface area contributed by atoms with Crippen LogP contribution < -0.4 is 10.9 Å². The van der Waals surface area contributed by atoms with Crippen LogP contribution in [0.25, 0.3) is 5.78 Å². The van der Waals surface area contributed by atoms with Crippen molar-refractivity contribution in [1.82, 2.24) is 19.6 Å². The minimum atomic E-state index is -0.209. The normalized spacial score (nSPS) is 11.2.